The van der Waals surface area contributed by atoms with E-state index in [2.05, 4.69) is 5.10 Å². The van der Waals surface area contributed by atoms with Crippen LogP contribution in [0.25, 0.3) is 0 Å². The van der Waals surface area contributed by atoms with E-state index in [0.29, 0.717) is 6.07 Å². The van der Waals surface area contributed by atoms with E-state index >= 15 is 0 Å². The molecule has 0 fully saturated rings. The first-order chi connectivity index (χ1) is 11.9. The summed E-state index contributed by atoms with van der Waals surface area (Å²) < 4.78 is 67.1. The summed E-state index contributed by atoms with van der Waals surface area (Å²) in [7, 11) is -9.61. The van der Waals surface area contributed by atoms with E-state index in [4.69, 9.17) is 9.29 Å². The highest BCUT2D eigenvalue weighted by Gasteiger charge is 2.33. The maximum atomic E-state index is 12.6. The second kappa shape index (κ2) is 7.02. The number of hydroxylamine groups is 2. The first-order valence-corrected chi connectivity index (χ1v) is 10.2. The summed E-state index contributed by atoms with van der Waals surface area (Å²) in [6.07, 6.45) is 0.0205. The SMILES string of the molecule is CCOC(=O)C1=N[N+]([O-])(Cc2ccc(S(=O)(=O)O)cc2S(=O)(=O)O)CC1. The Kier molecular flexibility index (Phi) is 5.51. The zero-order valence-electron chi connectivity index (χ0n) is 13.5. The fourth-order valence-corrected chi connectivity index (χ4v) is 3.73. The van der Waals surface area contributed by atoms with Crippen LogP contribution in [0.4, 0.5) is 0 Å². The van der Waals surface area contributed by atoms with Crippen molar-refractivity contribution in [1.82, 2.24) is 0 Å². The van der Waals surface area contributed by atoms with Gasteiger partial charge in [0.15, 0.2) is 5.71 Å². The van der Waals surface area contributed by atoms with Gasteiger partial charge >= 0.3 is 5.97 Å². The molecule has 1 atom stereocenters. The van der Waals surface area contributed by atoms with Gasteiger partial charge in [-0.15, -0.1) is 0 Å². The smallest absolute Gasteiger partial charge is 0.358 e. The Morgan fingerprint density at radius 2 is 1.92 bits per heavy atom. The third kappa shape index (κ3) is 4.63. The number of esters is 1. The van der Waals surface area contributed by atoms with Crippen molar-refractivity contribution in [3.63, 3.8) is 0 Å². The van der Waals surface area contributed by atoms with Crippen LogP contribution < -0.4 is 0 Å². The number of carbonyl (C=O) groups is 1. The van der Waals surface area contributed by atoms with Crippen molar-refractivity contribution in [2.75, 3.05) is 13.2 Å². The number of benzene rings is 1. The molecule has 1 aromatic rings. The van der Waals surface area contributed by atoms with Gasteiger partial charge in [0.1, 0.15) is 18.0 Å². The topological polar surface area (TPSA) is 170 Å². The van der Waals surface area contributed by atoms with Crippen molar-refractivity contribution < 1.29 is 40.2 Å². The second-order valence-corrected chi connectivity index (χ2v) is 8.28. The van der Waals surface area contributed by atoms with Crippen LogP contribution >= 0.6 is 0 Å². The second-order valence-electron chi connectivity index (χ2n) is 5.46. The lowest BCUT2D eigenvalue weighted by Gasteiger charge is -2.32. The molecule has 0 aliphatic carbocycles. The molecule has 1 aliphatic heterocycles. The van der Waals surface area contributed by atoms with E-state index in [1.165, 1.54) is 0 Å². The molecule has 11 nitrogen and oxygen atoms in total. The van der Waals surface area contributed by atoms with Gasteiger partial charge in [-0.2, -0.15) is 16.8 Å². The van der Waals surface area contributed by atoms with Crippen LogP contribution in [0.2, 0.25) is 0 Å². The Balaban J connectivity index is 2.42. The first kappa shape index (κ1) is 20.4. The molecule has 2 N–H and O–H groups in total. The van der Waals surface area contributed by atoms with E-state index in [-0.39, 0.29) is 30.8 Å². The highest BCUT2D eigenvalue weighted by molar-refractivity contribution is 7.86. The molecule has 1 aromatic carbocycles. The lowest BCUT2D eigenvalue weighted by atomic mass is 10.2. The summed E-state index contributed by atoms with van der Waals surface area (Å²) in [6, 6.07) is 2.40. The summed E-state index contributed by atoms with van der Waals surface area (Å²) in [5.74, 6) is -0.750. The molecule has 0 radical (unpaired) electrons. The molecule has 1 unspecified atom stereocenters. The molecule has 0 amide bonds. The molecule has 0 bridgehead atoms. The van der Waals surface area contributed by atoms with Crippen molar-refractivity contribution >= 4 is 31.9 Å². The Morgan fingerprint density at radius 1 is 1.27 bits per heavy atom. The fourth-order valence-electron chi connectivity index (χ4n) is 2.40. The van der Waals surface area contributed by atoms with Gasteiger partial charge in [0, 0.05) is 5.56 Å². The first-order valence-electron chi connectivity index (χ1n) is 7.28. The number of carbonyl (C=O) groups excluding carboxylic acids is 1. The van der Waals surface area contributed by atoms with Crippen LogP contribution in [0, 0.1) is 5.21 Å². The molecule has 0 aromatic heterocycles. The Labute approximate surface area is 149 Å². The molecule has 26 heavy (non-hydrogen) atoms. The van der Waals surface area contributed by atoms with Gasteiger partial charge < -0.3 is 9.94 Å². The number of hydrogen-bond acceptors (Lipinski definition) is 8. The number of quaternary nitrogens is 1. The van der Waals surface area contributed by atoms with Crippen molar-refractivity contribution in [3.05, 3.63) is 29.0 Å². The molecule has 0 spiro atoms. The fraction of sp³-hybridized carbons (Fsp3) is 0.385. The predicted octanol–water partition coefficient (Wildman–Crippen LogP) is 0.317. The lowest BCUT2D eigenvalue weighted by Crippen LogP contribution is -2.33. The number of hydrogen-bond donors (Lipinski definition) is 2. The molecular weight excluding hydrogens is 392 g/mol. The molecule has 0 saturated carbocycles. The summed E-state index contributed by atoms with van der Waals surface area (Å²) >= 11 is 0. The van der Waals surface area contributed by atoms with Gasteiger partial charge in [-0.25, -0.2) is 9.55 Å². The van der Waals surface area contributed by atoms with E-state index in [1.54, 1.807) is 6.92 Å². The van der Waals surface area contributed by atoms with E-state index in [1.807, 2.05) is 0 Å². The maximum Gasteiger partial charge on any atom is 0.358 e. The molecule has 144 valence electrons. The van der Waals surface area contributed by atoms with Crippen LogP contribution in [-0.4, -0.2) is 55.5 Å². The van der Waals surface area contributed by atoms with Crippen LogP contribution in [0.15, 0.2) is 33.1 Å². The summed E-state index contributed by atoms with van der Waals surface area (Å²) in [4.78, 5) is 10.0. The predicted molar refractivity (Wildman–Crippen MR) is 87.0 cm³/mol. The highest BCUT2D eigenvalue weighted by atomic mass is 32.2. The monoisotopic (exact) mass is 408 g/mol. The summed E-state index contributed by atoms with van der Waals surface area (Å²) in [5, 5.41) is 16.4. The van der Waals surface area contributed by atoms with E-state index in [9.17, 15) is 31.4 Å². The minimum atomic E-state index is -4.89. The number of ether oxygens (including phenoxy) is 1. The van der Waals surface area contributed by atoms with Crippen LogP contribution in [0.1, 0.15) is 18.9 Å². The van der Waals surface area contributed by atoms with Gasteiger partial charge in [-0.3, -0.25) is 9.11 Å². The molecule has 2 rings (SSSR count). The van der Waals surface area contributed by atoms with Crippen LogP contribution in [-0.2, 0) is 36.3 Å². The van der Waals surface area contributed by atoms with Crippen molar-refractivity contribution in [3.8, 4) is 0 Å². The quantitative estimate of drug-likeness (QED) is 0.291. The van der Waals surface area contributed by atoms with Gasteiger partial charge in [-0.1, -0.05) is 11.2 Å². The summed E-state index contributed by atoms with van der Waals surface area (Å²) in [6.45, 7) is 0.936. The van der Waals surface area contributed by atoms with Gasteiger partial charge in [-0.05, 0) is 19.1 Å². The van der Waals surface area contributed by atoms with E-state index < -0.39 is 47.3 Å². The highest BCUT2D eigenvalue weighted by Crippen LogP contribution is 2.27. The minimum Gasteiger partial charge on any atom is -0.604 e. The Hall–Kier alpha value is -1.90. The average Bonchev–Trinajstić information content (AvgIpc) is 2.88. The van der Waals surface area contributed by atoms with Crippen molar-refractivity contribution in [2.45, 2.75) is 29.7 Å². The molecule has 13 heteroatoms. The van der Waals surface area contributed by atoms with Crippen molar-refractivity contribution in [2.24, 2.45) is 5.10 Å². The zero-order valence-corrected chi connectivity index (χ0v) is 15.2. The van der Waals surface area contributed by atoms with Crippen LogP contribution in [0.5, 0.6) is 0 Å². The van der Waals surface area contributed by atoms with Crippen molar-refractivity contribution in [1.29, 1.82) is 0 Å². The summed E-state index contributed by atoms with van der Waals surface area (Å²) in [5.41, 5.74) is -0.312. The molecule has 1 heterocycles. The largest absolute Gasteiger partial charge is 0.604 e. The Bertz CT molecular complexity index is 969. The normalized spacial score (nSPS) is 20.7. The molecule has 1 aliphatic rings. The maximum absolute atomic E-state index is 12.6. The Morgan fingerprint density at radius 3 is 2.46 bits per heavy atom. The zero-order chi connectivity index (χ0) is 19.8. The van der Waals surface area contributed by atoms with Crippen LogP contribution in [0.3, 0.4) is 0 Å². The van der Waals surface area contributed by atoms with E-state index in [0.717, 1.165) is 12.1 Å². The third-order valence-electron chi connectivity index (χ3n) is 3.54. The standard InChI is InChI=1S/C13H16N2O9S2/c1-2-24-13(16)11-5-6-15(17,14-11)8-9-3-4-10(25(18,19)20)7-12(9)26(21,22)23/h3-4,7H,2,5-6,8H2,1H3,(H,18,19,20)(H,21,22,23). The minimum absolute atomic E-state index is 0.0205. The molecular formula is C13H16N2O9S2. The number of rotatable bonds is 6. The molecule has 0 saturated heterocycles. The van der Waals surface area contributed by atoms with Gasteiger partial charge in [0.25, 0.3) is 20.2 Å². The number of nitrogens with zero attached hydrogens (tertiary/aromatic N) is 2. The van der Waals surface area contributed by atoms with Gasteiger partial charge in [0.2, 0.25) is 0 Å². The lowest BCUT2D eigenvalue weighted by molar-refractivity contribution is -0.894. The van der Waals surface area contributed by atoms with Gasteiger partial charge in [0.05, 0.1) is 17.9 Å². The third-order valence-corrected chi connectivity index (χ3v) is 5.33. The average molecular weight is 408 g/mol.